The van der Waals surface area contributed by atoms with E-state index in [1.165, 1.54) is 0 Å². The van der Waals surface area contributed by atoms with E-state index in [2.05, 4.69) is 34.3 Å². The Hall–Kier alpha value is -1.20. The fourth-order valence-electron chi connectivity index (χ4n) is 2.06. The van der Waals surface area contributed by atoms with Gasteiger partial charge in [0.2, 0.25) is 0 Å². The molecule has 5 heteroatoms. The Balaban J connectivity index is 2.15. The first-order valence-corrected chi connectivity index (χ1v) is 5.96. The van der Waals surface area contributed by atoms with Gasteiger partial charge >= 0.3 is 0 Å². The number of hydrogen-bond acceptors (Lipinski definition) is 5. The maximum atomic E-state index is 5.50. The van der Waals surface area contributed by atoms with E-state index >= 15 is 0 Å². The molecule has 0 aliphatic carbocycles. The van der Waals surface area contributed by atoms with Crippen molar-refractivity contribution in [2.75, 3.05) is 31.7 Å². The molecule has 0 saturated carbocycles. The summed E-state index contributed by atoms with van der Waals surface area (Å²) < 4.78 is 5.50. The van der Waals surface area contributed by atoms with Crippen LogP contribution in [0.15, 0.2) is 12.1 Å². The first kappa shape index (κ1) is 12.3. The zero-order valence-electron chi connectivity index (χ0n) is 10.7. The monoisotopic (exact) mass is 236 g/mol. The van der Waals surface area contributed by atoms with E-state index in [4.69, 9.17) is 4.74 Å². The molecule has 5 nitrogen and oxygen atoms in total. The van der Waals surface area contributed by atoms with Gasteiger partial charge in [-0.25, -0.2) is 0 Å². The summed E-state index contributed by atoms with van der Waals surface area (Å²) in [7, 11) is 1.90. The van der Waals surface area contributed by atoms with Crippen LogP contribution in [0.5, 0.6) is 0 Å². The smallest absolute Gasteiger partial charge is 0.151 e. The van der Waals surface area contributed by atoms with E-state index in [9.17, 15) is 0 Å². The lowest BCUT2D eigenvalue weighted by molar-refractivity contribution is 0.0638. The van der Waals surface area contributed by atoms with Crippen molar-refractivity contribution in [1.82, 2.24) is 15.5 Å². The van der Waals surface area contributed by atoms with Crippen molar-refractivity contribution in [2.24, 2.45) is 0 Å². The van der Waals surface area contributed by atoms with E-state index in [-0.39, 0.29) is 5.54 Å². The molecule has 1 aromatic heterocycles. The highest BCUT2D eigenvalue weighted by atomic mass is 16.5. The number of rotatable bonds is 3. The molecule has 0 unspecified atom stereocenters. The van der Waals surface area contributed by atoms with E-state index in [0.29, 0.717) is 0 Å². The van der Waals surface area contributed by atoms with Gasteiger partial charge in [-0.15, -0.1) is 5.10 Å². The summed E-state index contributed by atoms with van der Waals surface area (Å²) in [5, 5.41) is 11.6. The van der Waals surface area contributed by atoms with Crippen LogP contribution < -0.4 is 10.2 Å². The summed E-state index contributed by atoms with van der Waals surface area (Å²) >= 11 is 0. The minimum Gasteiger partial charge on any atom is -0.377 e. The third kappa shape index (κ3) is 2.73. The van der Waals surface area contributed by atoms with Gasteiger partial charge in [-0.1, -0.05) is 0 Å². The molecule has 1 aliphatic heterocycles. The van der Waals surface area contributed by atoms with Crippen LogP contribution in [-0.4, -0.2) is 42.5 Å². The van der Waals surface area contributed by atoms with Crippen LogP contribution in [0.1, 0.15) is 19.5 Å². The molecule has 0 bridgehead atoms. The standard InChI is InChI=1S/C12H20N4O/c1-12(2)9-17-7-6-16(12)11-5-4-10(8-13-3)14-15-11/h4-5,13H,6-9H2,1-3H3. The van der Waals surface area contributed by atoms with Crippen LogP contribution in [-0.2, 0) is 11.3 Å². The number of nitrogens with zero attached hydrogens (tertiary/aromatic N) is 3. The fourth-order valence-corrected chi connectivity index (χ4v) is 2.06. The van der Waals surface area contributed by atoms with E-state index in [0.717, 1.165) is 37.8 Å². The van der Waals surface area contributed by atoms with Gasteiger partial charge in [-0.05, 0) is 33.0 Å². The Labute approximate surface area is 102 Å². The van der Waals surface area contributed by atoms with Gasteiger partial charge in [-0.3, -0.25) is 0 Å². The molecule has 1 N–H and O–H groups in total. The van der Waals surface area contributed by atoms with Crippen LogP contribution in [0.2, 0.25) is 0 Å². The molecule has 1 fully saturated rings. The van der Waals surface area contributed by atoms with Crippen LogP contribution >= 0.6 is 0 Å². The molecule has 0 atom stereocenters. The predicted octanol–water partition coefficient (Wildman–Crippen LogP) is 0.811. The molecule has 1 saturated heterocycles. The van der Waals surface area contributed by atoms with E-state index in [1.807, 2.05) is 19.2 Å². The molecule has 0 aromatic carbocycles. The highest BCUT2D eigenvalue weighted by Gasteiger charge is 2.31. The number of aromatic nitrogens is 2. The van der Waals surface area contributed by atoms with Crippen LogP contribution in [0.25, 0.3) is 0 Å². The molecule has 2 heterocycles. The summed E-state index contributed by atoms with van der Waals surface area (Å²) in [5.41, 5.74) is 0.944. The van der Waals surface area contributed by atoms with Gasteiger partial charge in [0.05, 0.1) is 24.4 Å². The number of hydrogen-bond donors (Lipinski definition) is 1. The average Bonchev–Trinajstić information content (AvgIpc) is 2.30. The molecule has 0 amide bonds. The molecule has 1 aromatic rings. The maximum absolute atomic E-state index is 5.50. The third-order valence-corrected chi connectivity index (χ3v) is 2.99. The fraction of sp³-hybridized carbons (Fsp3) is 0.667. The summed E-state index contributed by atoms with van der Waals surface area (Å²) in [4.78, 5) is 2.26. The molecular formula is C12H20N4O. The summed E-state index contributed by atoms with van der Waals surface area (Å²) in [6.45, 7) is 7.42. The summed E-state index contributed by atoms with van der Waals surface area (Å²) in [5.74, 6) is 0.929. The van der Waals surface area contributed by atoms with Gasteiger partial charge in [0.25, 0.3) is 0 Å². The second-order valence-electron chi connectivity index (χ2n) is 4.93. The van der Waals surface area contributed by atoms with Crippen molar-refractivity contribution in [3.63, 3.8) is 0 Å². The number of ether oxygens (including phenoxy) is 1. The van der Waals surface area contributed by atoms with Crippen molar-refractivity contribution >= 4 is 5.82 Å². The zero-order valence-corrected chi connectivity index (χ0v) is 10.7. The lowest BCUT2D eigenvalue weighted by Crippen LogP contribution is -2.53. The topological polar surface area (TPSA) is 50.3 Å². The Morgan fingerprint density at radius 3 is 2.82 bits per heavy atom. The Morgan fingerprint density at radius 2 is 2.24 bits per heavy atom. The number of nitrogens with one attached hydrogen (secondary N) is 1. The molecule has 2 rings (SSSR count). The quantitative estimate of drug-likeness (QED) is 0.841. The van der Waals surface area contributed by atoms with Crippen LogP contribution in [0.4, 0.5) is 5.82 Å². The van der Waals surface area contributed by atoms with Gasteiger partial charge in [0.15, 0.2) is 5.82 Å². The lowest BCUT2D eigenvalue weighted by atomic mass is 10.0. The minimum absolute atomic E-state index is 0.0164. The largest absolute Gasteiger partial charge is 0.377 e. The van der Waals surface area contributed by atoms with Crippen LogP contribution in [0, 0.1) is 0 Å². The summed E-state index contributed by atoms with van der Waals surface area (Å²) in [6.07, 6.45) is 0. The molecule has 17 heavy (non-hydrogen) atoms. The normalized spacial score (nSPS) is 19.4. The second kappa shape index (κ2) is 4.98. The number of anilines is 1. The molecule has 94 valence electrons. The van der Waals surface area contributed by atoms with E-state index in [1.54, 1.807) is 0 Å². The molecule has 1 aliphatic rings. The highest BCUT2D eigenvalue weighted by molar-refractivity contribution is 5.41. The highest BCUT2D eigenvalue weighted by Crippen LogP contribution is 2.24. The summed E-state index contributed by atoms with van der Waals surface area (Å²) in [6, 6.07) is 4.05. The molecule has 0 spiro atoms. The Morgan fingerprint density at radius 1 is 1.41 bits per heavy atom. The Bertz CT molecular complexity index is 363. The average molecular weight is 236 g/mol. The first-order chi connectivity index (χ1) is 8.13. The first-order valence-electron chi connectivity index (χ1n) is 5.96. The predicted molar refractivity (Wildman–Crippen MR) is 67.0 cm³/mol. The lowest BCUT2D eigenvalue weighted by Gasteiger charge is -2.42. The van der Waals surface area contributed by atoms with Gasteiger partial charge in [0, 0.05) is 13.1 Å². The third-order valence-electron chi connectivity index (χ3n) is 2.99. The second-order valence-corrected chi connectivity index (χ2v) is 4.93. The van der Waals surface area contributed by atoms with Gasteiger partial charge in [-0.2, -0.15) is 5.10 Å². The van der Waals surface area contributed by atoms with Crippen molar-refractivity contribution in [1.29, 1.82) is 0 Å². The van der Waals surface area contributed by atoms with Crippen LogP contribution in [0.3, 0.4) is 0 Å². The Kier molecular flexibility index (Phi) is 3.59. The van der Waals surface area contributed by atoms with Crippen molar-refractivity contribution in [3.05, 3.63) is 17.8 Å². The van der Waals surface area contributed by atoms with Gasteiger partial charge < -0.3 is 15.0 Å². The van der Waals surface area contributed by atoms with E-state index < -0.39 is 0 Å². The maximum Gasteiger partial charge on any atom is 0.151 e. The van der Waals surface area contributed by atoms with Crippen molar-refractivity contribution < 1.29 is 4.74 Å². The molecule has 0 radical (unpaired) electrons. The van der Waals surface area contributed by atoms with Crippen molar-refractivity contribution in [3.8, 4) is 0 Å². The zero-order chi connectivity index (χ0) is 12.3. The minimum atomic E-state index is -0.0164. The number of morpholine rings is 1. The van der Waals surface area contributed by atoms with Gasteiger partial charge in [0.1, 0.15) is 0 Å². The SMILES string of the molecule is CNCc1ccc(N2CCOCC2(C)C)nn1. The van der Waals surface area contributed by atoms with Crippen molar-refractivity contribution in [2.45, 2.75) is 25.9 Å². The molecular weight excluding hydrogens is 216 g/mol.